The maximum Gasteiger partial charge on any atom is 0.149 e. The van der Waals surface area contributed by atoms with E-state index in [1.807, 2.05) is 39.8 Å². The van der Waals surface area contributed by atoms with Crippen LogP contribution in [-0.4, -0.2) is 4.98 Å². The van der Waals surface area contributed by atoms with E-state index in [-0.39, 0.29) is 5.82 Å². The number of hydrogen-bond donors (Lipinski definition) is 0. The molecule has 0 aliphatic heterocycles. The van der Waals surface area contributed by atoms with E-state index in [9.17, 15) is 4.39 Å². The van der Waals surface area contributed by atoms with Gasteiger partial charge in [0.15, 0.2) is 0 Å². The molecular formula is C13H16FN. The molecule has 0 bridgehead atoms. The van der Waals surface area contributed by atoms with Crippen LogP contribution in [0.5, 0.6) is 0 Å². The van der Waals surface area contributed by atoms with Gasteiger partial charge in [-0.3, -0.25) is 4.98 Å². The molecule has 2 rings (SSSR count). The van der Waals surface area contributed by atoms with Crippen molar-refractivity contribution in [3.05, 3.63) is 41.3 Å². The Kier molecular flexibility index (Phi) is 3.78. The number of nitrogens with zero attached hydrogens (tertiary/aromatic N) is 1. The third kappa shape index (κ3) is 2.32. The van der Waals surface area contributed by atoms with Gasteiger partial charge in [0.2, 0.25) is 0 Å². The molecule has 0 saturated heterocycles. The summed E-state index contributed by atoms with van der Waals surface area (Å²) in [6.07, 6.45) is 1.64. The minimum Gasteiger partial charge on any atom is -0.253 e. The standard InChI is InChI=1S/C11H10FN.C2H6/c1-7-5-9-8(2)3-4-13-11(9)10(12)6-7;1-2/h3-6H,1-2H3;1-2H3. The fourth-order valence-corrected chi connectivity index (χ4v) is 1.48. The number of aryl methyl sites for hydroxylation is 2. The van der Waals surface area contributed by atoms with Gasteiger partial charge in [0.05, 0.1) is 0 Å². The second-order valence-corrected chi connectivity index (χ2v) is 3.27. The number of hydrogen-bond acceptors (Lipinski definition) is 1. The number of rotatable bonds is 0. The smallest absolute Gasteiger partial charge is 0.149 e. The Balaban J connectivity index is 0.000000531. The summed E-state index contributed by atoms with van der Waals surface area (Å²) in [5.74, 6) is -0.237. The molecule has 15 heavy (non-hydrogen) atoms. The van der Waals surface area contributed by atoms with Gasteiger partial charge < -0.3 is 0 Å². The minimum atomic E-state index is -0.237. The average Bonchev–Trinajstić information content (AvgIpc) is 2.23. The summed E-state index contributed by atoms with van der Waals surface area (Å²) in [7, 11) is 0. The summed E-state index contributed by atoms with van der Waals surface area (Å²) < 4.78 is 13.4. The highest BCUT2D eigenvalue weighted by Gasteiger charge is 2.04. The summed E-state index contributed by atoms with van der Waals surface area (Å²) in [4.78, 5) is 4.01. The van der Waals surface area contributed by atoms with Crippen LogP contribution in [-0.2, 0) is 0 Å². The van der Waals surface area contributed by atoms with E-state index >= 15 is 0 Å². The largest absolute Gasteiger partial charge is 0.253 e. The lowest BCUT2D eigenvalue weighted by molar-refractivity contribution is 0.635. The van der Waals surface area contributed by atoms with Gasteiger partial charge in [0.1, 0.15) is 11.3 Å². The third-order valence-corrected chi connectivity index (χ3v) is 2.16. The van der Waals surface area contributed by atoms with Gasteiger partial charge in [-0.15, -0.1) is 0 Å². The molecule has 1 heterocycles. The predicted molar refractivity (Wildman–Crippen MR) is 62.5 cm³/mol. The number of halogens is 1. The first-order valence-corrected chi connectivity index (χ1v) is 5.20. The Morgan fingerprint density at radius 3 is 2.47 bits per heavy atom. The Hall–Kier alpha value is -1.44. The molecule has 0 unspecified atom stereocenters. The lowest BCUT2D eigenvalue weighted by Gasteiger charge is -2.03. The van der Waals surface area contributed by atoms with Crippen molar-refractivity contribution in [3.63, 3.8) is 0 Å². The van der Waals surface area contributed by atoms with Crippen LogP contribution in [0.2, 0.25) is 0 Å². The Bertz CT molecular complexity index is 463. The second-order valence-electron chi connectivity index (χ2n) is 3.27. The van der Waals surface area contributed by atoms with Gasteiger partial charge in [-0.2, -0.15) is 0 Å². The topological polar surface area (TPSA) is 12.9 Å². The Morgan fingerprint density at radius 2 is 1.80 bits per heavy atom. The molecule has 0 fully saturated rings. The van der Waals surface area contributed by atoms with E-state index in [4.69, 9.17) is 0 Å². The fourth-order valence-electron chi connectivity index (χ4n) is 1.48. The molecule has 1 aromatic carbocycles. The molecule has 0 saturated carbocycles. The van der Waals surface area contributed by atoms with Gasteiger partial charge >= 0.3 is 0 Å². The molecule has 0 atom stereocenters. The van der Waals surface area contributed by atoms with E-state index in [0.717, 1.165) is 16.5 Å². The van der Waals surface area contributed by atoms with E-state index in [0.29, 0.717) is 5.52 Å². The maximum atomic E-state index is 13.4. The molecular weight excluding hydrogens is 189 g/mol. The molecule has 1 nitrogen and oxygen atoms in total. The van der Waals surface area contributed by atoms with Gasteiger partial charge in [0.25, 0.3) is 0 Å². The molecule has 80 valence electrons. The SMILES string of the molecule is CC.Cc1cc(F)c2nccc(C)c2c1. The van der Waals surface area contributed by atoms with Gasteiger partial charge in [-0.05, 0) is 43.2 Å². The number of benzene rings is 1. The van der Waals surface area contributed by atoms with Crippen LogP contribution in [0.15, 0.2) is 24.4 Å². The van der Waals surface area contributed by atoms with Crippen LogP contribution >= 0.6 is 0 Å². The van der Waals surface area contributed by atoms with Crippen molar-refractivity contribution in [2.75, 3.05) is 0 Å². The number of aromatic nitrogens is 1. The van der Waals surface area contributed by atoms with Crippen molar-refractivity contribution >= 4 is 10.9 Å². The van der Waals surface area contributed by atoms with E-state index < -0.39 is 0 Å². The zero-order valence-electron chi connectivity index (χ0n) is 9.63. The second kappa shape index (κ2) is 4.87. The predicted octanol–water partition coefficient (Wildman–Crippen LogP) is 4.02. The first kappa shape index (κ1) is 11.6. The monoisotopic (exact) mass is 205 g/mol. The van der Waals surface area contributed by atoms with Gasteiger partial charge in [0, 0.05) is 11.6 Å². The van der Waals surface area contributed by atoms with Crippen LogP contribution < -0.4 is 0 Å². The van der Waals surface area contributed by atoms with Gasteiger partial charge in [-0.25, -0.2) is 4.39 Å². The lowest BCUT2D eigenvalue weighted by Crippen LogP contribution is -1.88. The summed E-state index contributed by atoms with van der Waals surface area (Å²) in [6, 6.07) is 5.36. The molecule has 0 N–H and O–H groups in total. The van der Waals surface area contributed by atoms with Crippen molar-refractivity contribution in [2.45, 2.75) is 27.7 Å². The highest BCUT2D eigenvalue weighted by atomic mass is 19.1. The summed E-state index contributed by atoms with van der Waals surface area (Å²) in [5.41, 5.74) is 2.46. The zero-order valence-corrected chi connectivity index (χ0v) is 9.63. The minimum absolute atomic E-state index is 0.237. The average molecular weight is 205 g/mol. The summed E-state index contributed by atoms with van der Waals surface area (Å²) in [5, 5.41) is 0.903. The van der Waals surface area contributed by atoms with Crippen molar-refractivity contribution in [1.29, 1.82) is 0 Å². The van der Waals surface area contributed by atoms with E-state index in [1.165, 1.54) is 6.07 Å². The highest BCUT2D eigenvalue weighted by molar-refractivity contribution is 5.82. The van der Waals surface area contributed by atoms with Crippen LogP contribution in [0, 0.1) is 19.7 Å². The molecule has 0 amide bonds. The maximum absolute atomic E-state index is 13.4. The van der Waals surface area contributed by atoms with Crippen molar-refractivity contribution < 1.29 is 4.39 Å². The van der Waals surface area contributed by atoms with E-state index in [1.54, 1.807) is 6.20 Å². The van der Waals surface area contributed by atoms with Crippen molar-refractivity contribution in [3.8, 4) is 0 Å². The van der Waals surface area contributed by atoms with Crippen LogP contribution in [0.3, 0.4) is 0 Å². The van der Waals surface area contributed by atoms with Crippen LogP contribution in [0.4, 0.5) is 4.39 Å². The molecule has 0 aliphatic carbocycles. The highest BCUT2D eigenvalue weighted by Crippen LogP contribution is 2.20. The summed E-state index contributed by atoms with van der Waals surface area (Å²) >= 11 is 0. The Morgan fingerprint density at radius 1 is 1.13 bits per heavy atom. The number of pyridine rings is 1. The van der Waals surface area contributed by atoms with Gasteiger partial charge in [-0.1, -0.05) is 13.8 Å². The molecule has 0 spiro atoms. The molecule has 2 heteroatoms. The first-order valence-electron chi connectivity index (χ1n) is 5.20. The normalized spacial score (nSPS) is 9.67. The molecule has 0 aliphatic rings. The summed E-state index contributed by atoms with van der Waals surface area (Å²) in [6.45, 7) is 7.85. The van der Waals surface area contributed by atoms with Crippen molar-refractivity contribution in [2.24, 2.45) is 0 Å². The van der Waals surface area contributed by atoms with Crippen LogP contribution in [0.25, 0.3) is 10.9 Å². The molecule has 1 aromatic heterocycles. The fraction of sp³-hybridized carbons (Fsp3) is 0.308. The van der Waals surface area contributed by atoms with E-state index in [2.05, 4.69) is 4.98 Å². The zero-order chi connectivity index (χ0) is 11.4. The lowest BCUT2D eigenvalue weighted by atomic mass is 10.1. The number of fused-ring (bicyclic) bond motifs is 1. The third-order valence-electron chi connectivity index (χ3n) is 2.16. The van der Waals surface area contributed by atoms with Crippen LogP contribution in [0.1, 0.15) is 25.0 Å². The Labute approximate surface area is 90.0 Å². The quantitative estimate of drug-likeness (QED) is 0.633. The molecule has 0 radical (unpaired) electrons. The molecule has 2 aromatic rings. The first-order chi connectivity index (χ1) is 7.18. The van der Waals surface area contributed by atoms with Crippen molar-refractivity contribution in [1.82, 2.24) is 4.98 Å².